The van der Waals surface area contributed by atoms with E-state index in [0.29, 0.717) is 13.0 Å². The van der Waals surface area contributed by atoms with Crippen LogP contribution in [-0.4, -0.2) is 35.3 Å². The smallest absolute Gasteiger partial charge is 0.391 e. The molecule has 0 saturated carbocycles. The van der Waals surface area contributed by atoms with Gasteiger partial charge >= 0.3 is 6.09 Å². The summed E-state index contributed by atoms with van der Waals surface area (Å²) in [5, 5.41) is 8.87. The van der Waals surface area contributed by atoms with E-state index < -0.39 is 12.2 Å². The Morgan fingerprint density at radius 2 is 2.50 bits per heavy atom. The van der Waals surface area contributed by atoms with Gasteiger partial charge in [0, 0.05) is 11.1 Å². The monoisotopic (exact) mass is 149 g/mol. The van der Waals surface area contributed by atoms with Crippen LogP contribution in [0.1, 0.15) is 6.42 Å². The van der Waals surface area contributed by atoms with Crippen molar-refractivity contribution < 1.29 is 19.4 Å². The van der Waals surface area contributed by atoms with Gasteiger partial charge in [-0.2, -0.15) is 0 Å². The van der Waals surface area contributed by atoms with Crippen molar-refractivity contribution in [3.63, 3.8) is 0 Å². The average Bonchev–Trinajstić information content (AvgIpc) is 2.34. The van der Waals surface area contributed by atoms with Crippen molar-refractivity contribution in [2.45, 2.75) is 12.5 Å². The number of aliphatic hydroxyl groups excluding tert-OH is 1. The number of hydrogen-bond acceptors (Lipinski definition) is 3. The van der Waals surface area contributed by atoms with Crippen molar-refractivity contribution >= 4 is 6.09 Å². The van der Waals surface area contributed by atoms with E-state index in [2.05, 4.69) is 4.94 Å². The Hall–Kier alpha value is -0.840. The van der Waals surface area contributed by atoms with Gasteiger partial charge in [0.05, 0.1) is 12.6 Å². The predicted molar refractivity (Wildman–Crippen MR) is 29.8 cm³/mol. The Morgan fingerprint density at radius 3 is 2.90 bits per heavy atom. The van der Waals surface area contributed by atoms with Crippen molar-refractivity contribution in [2.75, 3.05) is 13.1 Å². The number of aliphatic hydroxyl groups is 1. The van der Waals surface area contributed by atoms with Crippen LogP contribution in [0.5, 0.6) is 0 Å². The Morgan fingerprint density at radius 1 is 1.80 bits per heavy atom. The lowest BCUT2D eigenvalue weighted by Crippen LogP contribution is -2.28. The van der Waals surface area contributed by atoms with E-state index in [4.69, 9.17) is 5.11 Å². The molecule has 1 aliphatic heterocycles. The van der Waals surface area contributed by atoms with E-state index in [-0.39, 0.29) is 6.54 Å². The van der Waals surface area contributed by atoms with Crippen LogP contribution in [0.4, 0.5) is 9.32 Å². The van der Waals surface area contributed by atoms with E-state index in [1.807, 2.05) is 0 Å². The first-order valence-electron chi connectivity index (χ1n) is 2.99. The molecule has 0 aliphatic carbocycles. The van der Waals surface area contributed by atoms with Gasteiger partial charge in [0.25, 0.3) is 0 Å². The highest BCUT2D eigenvalue weighted by atomic mass is 19.3. The van der Waals surface area contributed by atoms with E-state index in [1.54, 1.807) is 0 Å². The van der Waals surface area contributed by atoms with Crippen LogP contribution in [0.3, 0.4) is 0 Å². The lowest BCUT2D eigenvalue weighted by atomic mass is 10.3. The van der Waals surface area contributed by atoms with Gasteiger partial charge in [0.2, 0.25) is 0 Å². The minimum atomic E-state index is -1.02. The van der Waals surface area contributed by atoms with Crippen LogP contribution in [0.25, 0.3) is 0 Å². The van der Waals surface area contributed by atoms with Crippen LogP contribution in [0.2, 0.25) is 0 Å². The van der Waals surface area contributed by atoms with Crippen LogP contribution in [0, 0.1) is 0 Å². The summed E-state index contributed by atoms with van der Waals surface area (Å²) in [5.41, 5.74) is 0. The number of nitrogens with zero attached hydrogens (tertiary/aromatic N) is 1. The number of likely N-dealkylation sites (tertiary alicyclic amines) is 1. The van der Waals surface area contributed by atoms with Crippen molar-refractivity contribution in [2.24, 2.45) is 0 Å². The van der Waals surface area contributed by atoms with E-state index in [9.17, 15) is 9.32 Å². The van der Waals surface area contributed by atoms with E-state index in [1.165, 1.54) is 0 Å². The third-order valence-electron chi connectivity index (χ3n) is 1.49. The second kappa shape index (κ2) is 2.83. The molecule has 0 spiro atoms. The molecule has 1 rings (SSSR count). The Kier molecular flexibility index (Phi) is 2.06. The molecule has 4 nitrogen and oxygen atoms in total. The molecule has 1 N–H and O–H groups in total. The van der Waals surface area contributed by atoms with E-state index in [0.717, 1.165) is 4.90 Å². The van der Waals surface area contributed by atoms with Gasteiger partial charge in [-0.3, -0.25) is 0 Å². The van der Waals surface area contributed by atoms with Gasteiger partial charge in [-0.15, -0.1) is 0 Å². The molecule has 1 amide bonds. The highest BCUT2D eigenvalue weighted by molar-refractivity contribution is 5.67. The first kappa shape index (κ1) is 7.27. The van der Waals surface area contributed by atoms with Crippen molar-refractivity contribution in [3.05, 3.63) is 0 Å². The number of β-amino-alcohol motifs (C(OH)–C–C–N with tert-alkyl or cyclic N) is 1. The normalized spacial score (nSPS) is 25.0. The minimum absolute atomic E-state index is 0.169. The van der Waals surface area contributed by atoms with Crippen LogP contribution < -0.4 is 0 Å². The molecular weight excluding hydrogens is 141 g/mol. The van der Waals surface area contributed by atoms with Gasteiger partial charge < -0.3 is 10.0 Å². The van der Waals surface area contributed by atoms with Crippen LogP contribution >= 0.6 is 0 Å². The molecule has 0 aromatic rings. The summed E-state index contributed by atoms with van der Waals surface area (Å²) in [7, 11) is 0. The number of rotatable bonds is 0. The lowest BCUT2D eigenvalue weighted by molar-refractivity contribution is -0.0781. The van der Waals surface area contributed by atoms with Gasteiger partial charge in [0.15, 0.2) is 0 Å². The quantitative estimate of drug-likeness (QED) is 0.530. The molecule has 1 saturated heterocycles. The molecule has 0 radical (unpaired) electrons. The van der Waals surface area contributed by atoms with Crippen LogP contribution in [-0.2, 0) is 4.94 Å². The molecule has 0 bridgehead atoms. The molecule has 1 aliphatic rings. The highest BCUT2D eigenvalue weighted by Gasteiger charge is 2.25. The minimum Gasteiger partial charge on any atom is -0.391 e. The standard InChI is InChI=1S/C5H8FNO3/c6-10-5(9)7-2-1-4(8)3-7/h4,8H,1-3H2. The van der Waals surface area contributed by atoms with Gasteiger partial charge in [0.1, 0.15) is 0 Å². The van der Waals surface area contributed by atoms with E-state index >= 15 is 0 Å². The third kappa shape index (κ3) is 1.36. The number of halogens is 1. The topological polar surface area (TPSA) is 49.8 Å². The number of amides is 1. The predicted octanol–water partition coefficient (Wildman–Crippen LogP) is 0.0741. The first-order chi connectivity index (χ1) is 4.74. The zero-order valence-corrected chi connectivity index (χ0v) is 5.29. The molecule has 1 heterocycles. The Bertz CT molecular complexity index is 141. The molecule has 0 aromatic heterocycles. The zero-order chi connectivity index (χ0) is 7.56. The number of carbonyl (C=O) groups is 1. The Balaban J connectivity index is 2.37. The maximum absolute atomic E-state index is 11.2. The molecule has 10 heavy (non-hydrogen) atoms. The second-order valence-electron chi connectivity index (χ2n) is 2.23. The molecular formula is C5H8FNO3. The summed E-state index contributed by atoms with van der Waals surface area (Å²) in [5.74, 6) is 0. The average molecular weight is 149 g/mol. The summed E-state index contributed by atoms with van der Waals surface area (Å²) in [6.07, 6.45) is -1.05. The highest BCUT2D eigenvalue weighted by Crippen LogP contribution is 2.09. The van der Waals surface area contributed by atoms with Crippen LogP contribution in [0.15, 0.2) is 0 Å². The summed E-state index contributed by atoms with van der Waals surface area (Å²) < 4.78 is 11.2. The molecule has 5 heteroatoms. The zero-order valence-electron chi connectivity index (χ0n) is 5.29. The third-order valence-corrected chi connectivity index (χ3v) is 1.49. The van der Waals surface area contributed by atoms with Crippen molar-refractivity contribution in [3.8, 4) is 0 Å². The Labute approximate surface area is 57.1 Å². The van der Waals surface area contributed by atoms with Gasteiger partial charge in [-0.05, 0) is 6.42 Å². The first-order valence-corrected chi connectivity index (χ1v) is 2.99. The molecule has 1 unspecified atom stereocenters. The fourth-order valence-corrected chi connectivity index (χ4v) is 0.956. The summed E-state index contributed by atoms with van der Waals surface area (Å²) >= 11 is 0. The lowest BCUT2D eigenvalue weighted by Gasteiger charge is -2.09. The van der Waals surface area contributed by atoms with Crippen molar-refractivity contribution in [1.29, 1.82) is 0 Å². The fraction of sp³-hybridized carbons (Fsp3) is 0.800. The molecule has 58 valence electrons. The molecule has 0 aromatic carbocycles. The summed E-state index contributed by atoms with van der Waals surface area (Å²) in [6.45, 7) is 0.534. The van der Waals surface area contributed by atoms with Gasteiger partial charge in [-0.25, -0.2) is 9.74 Å². The SMILES string of the molecule is O=C(OF)N1CCC(O)C1. The maximum atomic E-state index is 11.2. The number of hydrogen-bond donors (Lipinski definition) is 1. The fourth-order valence-electron chi connectivity index (χ4n) is 0.956. The second-order valence-corrected chi connectivity index (χ2v) is 2.23. The molecule has 1 fully saturated rings. The van der Waals surface area contributed by atoms with Gasteiger partial charge in [-0.1, -0.05) is 0 Å². The summed E-state index contributed by atoms with van der Waals surface area (Å²) in [6, 6.07) is 0. The van der Waals surface area contributed by atoms with Crippen molar-refractivity contribution in [1.82, 2.24) is 4.90 Å². The maximum Gasteiger partial charge on any atom is 0.447 e. The molecule has 1 atom stereocenters. The summed E-state index contributed by atoms with van der Waals surface area (Å²) in [4.78, 5) is 14.5. The number of carbonyl (C=O) groups excluding carboxylic acids is 1. The largest absolute Gasteiger partial charge is 0.447 e.